The van der Waals surface area contributed by atoms with Gasteiger partial charge in [-0.15, -0.1) is 0 Å². The molecule has 1 heterocycles. The van der Waals surface area contributed by atoms with E-state index in [1.54, 1.807) is 0 Å². The Bertz CT molecular complexity index is 670. The second-order valence-corrected chi connectivity index (χ2v) is 7.97. The van der Waals surface area contributed by atoms with Crippen molar-refractivity contribution < 1.29 is 19.4 Å². The van der Waals surface area contributed by atoms with E-state index in [1.807, 2.05) is 37.3 Å². The van der Waals surface area contributed by atoms with Crippen molar-refractivity contribution in [3.63, 3.8) is 0 Å². The molecule has 3 atom stereocenters. The first-order valence-corrected chi connectivity index (χ1v) is 10.7. The summed E-state index contributed by atoms with van der Waals surface area (Å²) in [6, 6.07) is 7.91. The average Bonchev–Trinajstić information content (AvgIpc) is 3.20. The summed E-state index contributed by atoms with van der Waals surface area (Å²) in [5.41, 5.74) is 1.06. The van der Waals surface area contributed by atoms with Gasteiger partial charge < -0.3 is 19.9 Å². The fourth-order valence-electron chi connectivity index (χ4n) is 4.16. The SMILES string of the molecule is CCO[C@H]1OC(C(=O)NC2CCCC2)=C[C@@H](c2ccc(Cl)cc2)[C@@H]1CCCO. The number of amides is 1. The van der Waals surface area contributed by atoms with Gasteiger partial charge in [0.25, 0.3) is 5.91 Å². The van der Waals surface area contributed by atoms with Gasteiger partial charge in [0.05, 0.1) is 0 Å². The maximum absolute atomic E-state index is 12.8. The third-order valence-electron chi connectivity index (χ3n) is 5.58. The van der Waals surface area contributed by atoms with Crippen LogP contribution in [0.25, 0.3) is 0 Å². The van der Waals surface area contributed by atoms with E-state index < -0.39 is 6.29 Å². The van der Waals surface area contributed by atoms with Gasteiger partial charge in [0, 0.05) is 36.1 Å². The molecule has 0 unspecified atom stereocenters. The summed E-state index contributed by atoms with van der Waals surface area (Å²) >= 11 is 6.06. The molecule has 0 saturated heterocycles. The molecule has 28 heavy (non-hydrogen) atoms. The Hall–Kier alpha value is -1.56. The Balaban J connectivity index is 1.87. The van der Waals surface area contributed by atoms with E-state index in [1.165, 1.54) is 0 Å². The lowest BCUT2D eigenvalue weighted by molar-refractivity contribution is -0.166. The molecule has 1 aromatic carbocycles. The molecule has 5 nitrogen and oxygen atoms in total. The molecular weight excluding hydrogens is 378 g/mol. The van der Waals surface area contributed by atoms with Crippen molar-refractivity contribution in [3.05, 3.63) is 46.7 Å². The standard InChI is InChI=1S/C22H30ClNO4/c1-2-27-22-18(8-5-13-25)19(15-9-11-16(23)12-10-15)14-20(28-22)21(26)24-17-6-3-4-7-17/h9-12,14,17-19,22,25H,2-8,13H2,1H3,(H,24,26)/t18-,19-,22-/m0/s1. The molecule has 1 aliphatic carbocycles. The quantitative estimate of drug-likeness (QED) is 0.679. The molecule has 2 aliphatic rings. The highest BCUT2D eigenvalue weighted by Crippen LogP contribution is 2.39. The van der Waals surface area contributed by atoms with E-state index in [0.29, 0.717) is 23.8 Å². The van der Waals surface area contributed by atoms with Gasteiger partial charge in [0.15, 0.2) is 5.76 Å². The van der Waals surface area contributed by atoms with E-state index >= 15 is 0 Å². The molecule has 2 N–H and O–H groups in total. The molecule has 1 amide bonds. The Morgan fingerprint density at radius 3 is 2.64 bits per heavy atom. The first-order valence-electron chi connectivity index (χ1n) is 10.3. The Morgan fingerprint density at radius 2 is 2.00 bits per heavy atom. The predicted octanol–water partition coefficient (Wildman–Crippen LogP) is 4.15. The Morgan fingerprint density at radius 1 is 1.29 bits per heavy atom. The zero-order valence-corrected chi connectivity index (χ0v) is 17.2. The molecule has 1 aliphatic heterocycles. The lowest BCUT2D eigenvalue weighted by Crippen LogP contribution is -2.41. The van der Waals surface area contributed by atoms with Crippen LogP contribution in [0.1, 0.15) is 56.9 Å². The third kappa shape index (κ3) is 5.28. The van der Waals surface area contributed by atoms with Crippen molar-refractivity contribution in [1.82, 2.24) is 5.32 Å². The van der Waals surface area contributed by atoms with Crippen LogP contribution in [0.4, 0.5) is 0 Å². The highest BCUT2D eigenvalue weighted by Gasteiger charge is 2.38. The van der Waals surface area contributed by atoms with Gasteiger partial charge >= 0.3 is 0 Å². The highest BCUT2D eigenvalue weighted by molar-refractivity contribution is 6.30. The van der Waals surface area contributed by atoms with Crippen LogP contribution in [0.3, 0.4) is 0 Å². The van der Waals surface area contributed by atoms with Crippen LogP contribution in [0.15, 0.2) is 36.1 Å². The number of hydrogen-bond acceptors (Lipinski definition) is 4. The molecule has 1 fully saturated rings. The van der Waals surface area contributed by atoms with Crippen LogP contribution in [-0.4, -0.2) is 36.6 Å². The van der Waals surface area contributed by atoms with E-state index in [0.717, 1.165) is 37.7 Å². The van der Waals surface area contributed by atoms with Crippen LogP contribution in [-0.2, 0) is 14.3 Å². The van der Waals surface area contributed by atoms with Crippen molar-refractivity contribution >= 4 is 17.5 Å². The van der Waals surface area contributed by atoms with Gasteiger partial charge in [-0.1, -0.05) is 36.6 Å². The lowest BCUT2D eigenvalue weighted by Gasteiger charge is -2.37. The molecule has 1 saturated carbocycles. The summed E-state index contributed by atoms with van der Waals surface area (Å²) in [6.45, 7) is 2.52. The minimum absolute atomic E-state index is 0.0105. The lowest BCUT2D eigenvalue weighted by atomic mass is 9.80. The van der Waals surface area contributed by atoms with Gasteiger partial charge in [-0.05, 0) is 56.4 Å². The zero-order valence-electron chi connectivity index (χ0n) is 16.4. The fraction of sp³-hybridized carbons (Fsp3) is 0.591. The summed E-state index contributed by atoms with van der Waals surface area (Å²) < 4.78 is 11.9. The number of benzene rings is 1. The van der Waals surface area contributed by atoms with Crippen LogP contribution < -0.4 is 5.32 Å². The molecule has 0 bridgehead atoms. The van der Waals surface area contributed by atoms with E-state index in [-0.39, 0.29) is 30.4 Å². The Labute approximate surface area is 172 Å². The zero-order chi connectivity index (χ0) is 19.9. The molecule has 1 aromatic rings. The number of halogens is 1. The van der Waals surface area contributed by atoms with Crippen LogP contribution in [0.5, 0.6) is 0 Å². The topological polar surface area (TPSA) is 67.8 Å². The first-order chi connectivity index (χ1) is 13.6. The summed E-state index contributed by atoms with van der Waals surface area (Å²) in [6.07, 6.45) is 7.13. The van der Waals surface area contributed by atoms with Crippen LogP contribution in [0.2, 0.25) is 5.02 Å². The van der Waals surface area contributed by atoms with Gasteiger partial charge in [0.2, 0.25) is 6.29 Å². The van der Waals surface area contributed by atoms with E-state index in [9.17, 15) is 9.90 Å². The molecule has 154 valence electrons. The highest BCUT2D eigenvalue weighted by atomic mass is 35.5. The molecule has 0 aromatic heterocycles. The summed E-state index contributed by atoms with van der Waals surface area (Å²) in [4.78, 5) is 12.8. The largest absolute Gasteiger partial charge is 0.459 e. The maximum Gasteiger partial charge on any atom is 0.286 e. The number of carbonyl (C=O) groups excluding carboxylic acids is 1. The van der Waals surface area contributed by atoms with Crippen molar-refractivity contribution in [3.8, 4) is 0 Å². The molecule has 6 heteroatoms. The van der Waals surface area contributed by atoms with Crippen molar-refractivity contribution in [2.24, 2.45) is 5.92 Å². The van der Waals surface area contributed by atoms with Crippen molar-refractivity contribution in [2.45, 2.75) is 63.7 Å². The van der Waals surface area contributed by atoms with Gasteiger partial charge in [0.1, 0.15) is 0 Å². The van der Waals surface area contributed by atoms with Crippen LogP contribution >= 0.6 is 11.6 Å². The number of aliphatic hydroxyl groups excluding tert-OH is 1. The minimum Gasteiger partial charge on any atom is -0.459 e. The number of allylic oxidation sites excluding steroid dienone is 1. The molecule has 3 rings (SSSR count). The number of nitrogens with one attached hydrogen (secondary N) is 1. The van der Waals surface area contributed by atoms with Crippen molar-refractivity contribution in [1.29, 1.82) is 0 Å². The molecular formula is C22H30ClNO4. The third-order valence-corrected chi connectivity index (χ3v) is 5.83. The predicted molar refractivity (Wildman–Crippen MR) is 109 cm³/mol. The van der Waals surface area contributed by atoms with Gasteiger partial charge in [-0.3, -0.25) is 4.79 Å². The van der Waals surface area contributed by atoms with Crippen molar-refractivity contribution in [2.75, 3.05) is 13.2 Å². The van der Waals surface area contributed by atoms with E-state index in [2.05, 4.69) is 5.32 Å². The number of aliphatic hydroxyl groups is 1. The second-order valence-electron chi connectivity index (χ2n) is 7.53. The minimum atomic E-state index is -0.522. The van der Waals surface area contributed by atoms with Gasteiger partial charge in [-0.25, -0.2) is 0 Å². The number of hydrogen-bond donors (Lipinski definition) is 2. The molecule has 0 spiro atoms. The van der Waals surface area contributed by atoms with Crippen LogP contribution in [0, 0.1) is 5.92 Å². The van der Waals surface area contributed by atoms with Gasteiger partial charge in [-0.2, -0.15) is 0 Å². The fourth-order valence-corrected chi connectivity index (χ4v) is 4.28. The normalized spacial score (nSPS) is 25.2. The smallest absolute Gasteiger partial charge is 0.286 e. The molecule has 0 radical (unpaired) electrons. The average molecular weight is 408 g/mol. The first kappa shape index (κ1) is 21.2. The number of carbonyl (C=O) groups is 1. The number of ether oxygens (including phenoxy) is 2. The second kappa shape index (κ2) is 10.3. The summed E-state index contributed by atoms with van der Waals surface area (Å²) in [5, 5.41) is 13.1. The monoisotopic (exact) mass is 407 g/mol. The number of rotatable bonds is 8. The van der Waals surface area contributed by atoms with E-state index in [4.69, 9.17) is 21.1 Å². The summed E-state index contributed by atoms with van der Waals surface area (Å²) in [7, 11) is 0. The summed E-state index contributed by atoms with van der Waals surface area (Å²) in [5.74, 6) is 0.122. The maximum atomic E-state index is 12.8. The Kier molecular flexibility index (Phi) is 7.77.